The van der Waals surface area contributed by atoms with Crippen LogP contribution in [0, 0.1) is 5.82 Å². The van der Waals surface area contributed by atoms with E-state index in [0.717, 1.165) is 5.56 Å². The summed E-state index contributed by atoms with van der Waals surface area (Å²) in [5.41, 5.74) is 6.95. The minimum Gasteiger partial charge on any atom is -0.397 e. The predicted octanol–water partition coefficient (Wildman–Crippen LogP) is 2.39. The van der Waals surface area contributed by atoms with Crippen LogP contribution in [0.5, 0.6) is 0 Å². The van der Waals surface area contributed by atoms with Gasteiger partial charge in [-0.3, -0.25) is 4.79 Å². The molecule has 6 heteroatoms. The lowest BCUT2D eigenvalue weighted by atomic mass is 10.2. The second-order valence-corrected chi connectivity index (χ2v) is 4.29. The molecule has 0 aliphatic rings. The third kappa shape index (κ3) is 3.42. The molecule has 1 heterocycles. The van der Waals surface area contributed by atoms with E-state index in [1.54, 1.807) is 12.1 Å². The first-order valence-electron chi connectivity index (χ1n) is 5.50. The first kappa shape index (κ1) is 13.3. The van der Waals surface area contributed by atoms with E-state index in [4.69, 9.17) is 17.3 Å². The van der Waals surface area contributed by atoms with Crippen LogP contribution in [0.2, 0.25) is 5.15 Å². The molecule has 2 aromatic rings. The molecule has 0 spiro atoms. The maximum Gasteiger partial charge on any atom is 0.253 e. The monoisotopic (exact) mass is 279 g/mol. The zero-order valence-electron chi connectivity index (χ0n) is 9.86. The number of carbonyl (C=O) groups is 1. The Morgan fingerprint density at radius 2 is 2.05 bits per heavy atom. The zero-order chi connectivity index (χ0) is 13.8. The fraction of sp³-hybridized carbons (Fsp3) is 0.0769. The van der Waals surface area contributed by atoms with Crippen molar-refractivity contribution in [3.8, 4) is 0 Å². The number of amides is 1. The summed E-state index contributed by atoms with van der Waals surface area (Å²) in [6, 6.07) is 7.26. The minimum atomic E-state index is -0.355. The molecule has 0 bridgehead atoms. The normalized spacial score (nSPS) is 10.2. The molecule has 4 nitrogen and oxygen atoms in total. The molecule has 98 valence electrons. The number of hydrogen-bond donors (Lipinski definition) is 2. The number of benzene rings is 1. The van der Waals surface area contributed by atoms with Crippen molar-refractivity contribution in [3.63, 3.8) is 0 Å². The molecule has 19 heavy (non-hydrogen) atoms. The number of anilines is 1. The summed E-state index contributed by atoms with van der Waals surface area (Å²) in [5, 5.41) is 2.87. The summed E-state index contributed by atoms with van der Waals surface area (Å²) < 4.78 is 12.7. The highest BCUT2D eigenvalue weighted by Crippen LogP contribution is 2.15. The van der Waals surface area contributed by atoms with Crippen LogP contribution < -0.4 is 11.1 Å². The first-order chi connectivity index (χ1) is 9.06. The lowest BCUT2D eigenvalue weighted by molar-refractivity contribution is 0.0951. The minimum absolute atomic E-state index is 0.195. The number of nitrogens with zero attached hydrogens (tertiary/aromatic N) is 1. The number of halogens is 2. The van der Waals surface area contributed by atoms with Crippen molar-refractivity contribution in [2.75, 3.05) is 5.73 Å². The predicted molar refractivity (Wildman–Crippen MR) is 71.2 cm³/mol. The van der Waals surface area contributed by atoms with Crippen molar-refractivity contribution in [2.24, 2.45) is 0 Å². The van der Waals surface area contributed by atoms with E-state index in [9.17, 15) is 9.18 Å². The Balaban J connectivity index is 2.05. The number of carbonyl (C=O) groups excluding carboxylic acids is 1. The standard InChI is InChI=1S/C13H11ClFN3O/c14-12-5-10(11(16)7-17-12)13(19)18-6-8-1-3-9(15)4-2-8/h1-5,7H,6,16H2,(H,18,19). The van der Waals surface area contributed by atoms with Crippen LogP contribution in [-0.2, 0) is 6.54 Å². The van der Waals surface area contributed by atoms with E-state index in [1.165, 1.54) is 24.4 Å². The van der Waals surface area contributed by atoms with Crippen LogP contribution >= 0.6 is 11.6 Å². The van der Waals surface area contributed by atoms with Gasteiger partial charge in [-0.25, -0.2) is 9.37 Å². The van der Waals surface area contributed by atoms with Crippen LogP contribution in [0.15, 0.2) is 36.5 Å². The second-order valence-electron chi connectivity index (χ2n) is 3.90. The van der Waals surface area contributed by atoms with Gasteiger partial charge in [0.1, 0.15) is 11.0 Å². The number of rotatable bonds is 3. The van der Waals surface area contributed by atoms with Crippen molar-refractivity contribution >= 4 is 23.2 Å². The van der Waals surface area contributed by atoms with E-state index in [0.29, 0.717) is 0 Å². The Labute approximate surface area is 114 Å². The molecule has 0 aliphatic carbocycles. The number of aromatic nitrogens is 1. The topological polar surface area (TPSA) is 68.0 Å². The SMILES string of the molecule is Nc1cnc(Cl)cc1C(=O)NCc1ccc(F)cc1. The van der Waals surface area contributed by atoms with E-state index < -0.39 is 0 Å². The average Bonchev–Trinajstić information content (AvgIpc) is 2.40. The van der Waals surface area contributed by atoms with Gasteiger partial charge in [-0.05, 0) is 23.8 Å². The molecule has 1 amide bonds. The maximum atomic E-state index is 12.7. The molecule has 3 N–H and O–H groups in total. The third-order valence-electron chi connectivity index (χ3n) is 2.51. The van der Waals surface area contributed by atoms with Gasteiger partial charge in [-0.1, -0.05) is 23.7 Å². The van der Waals surface area contributed by atoms with Crippen LogP contribution in [0.25, 0.3) is 0 Å². The summed E-state index contributed by atoms with van der Waals surface area (Å²) in [6.45, 7) is 0.276. The molecule has 1 aromatic heterocycles. The number of nitrogens with two attached hydrogens (primary N) is 1. The van der Waals surface area contributed by atoms with Gasteiger partial charge in [0.15, 0.2) is 0 Å². The van der Waals surface area contributed by atoms with Crippen molar-refractivity contribution in [2.45, 2.75) is 6.54 Å². The molecule has 0 saturated heterocycles. The largest absolute Gasteiger partial charge is 0.397 e. The van der Waals surface area contributed by atoms with E-state index in [1.807, 2.05) is 0 Å². The van der Waals surface area contributed by atoms with Crippen LogP contribution in [0.3, 0.4) is 0 Å². The Kier molecular flexibility index (Phi) is 3.97. The van der Waals surface area contributed by atoms with Gasteiger partial charge < -0.3 is 11.1 Å². The van der Waals surface area contributed by atoms with Gasteiger partial charge in [0, 0.05) is 6.54 Å². The van der Waals surface area contributed by atoms with Crippen molar-refractivity contribution in [1.82, 2.24) is 10.3 Å². The van der Waals surface area contributed by atoms with Gasteiger partial charge in [-0.15, -0.1) is 0 Å². The molecular formula is C13H11ClFN3O. The Morgan fingerprint density at radius 3 is 2.74 bits per heavy atom. The summed E-state index contributed by atoms with van der Waals surface area (Å²) in [5.74, 6) is -0.675. The van der Waals surface area contributed by atoms with E-state index >= 15 is 0 Å². The maximum absolute atomic E-state index is 12.7. The number of nitrogens with one attached hydrogen (secondary N) is 1. The molecule has 0 fully saturated rings. The van der Waals surface area contributed by atoms with Crippen LogP contribution in [-0.4, -0.2) is 10.9 Å². The van der Waals surface area contributed by atoms with Gasteiger partial charge >= 0.3 is 0 Å². The highest BCUT2D eigenvalue weighted by molar-refractivity contribution is 6.29. The Hall–Kier alpha value is -2.14. The smallest absolute Gasteiger partial charge is 0.253 e. The Bertz CT molecular complexity index is 601. The molecule has 0 aliphatic heterocycles. The lowest BCUT2D eigenvalue weighted by Crippen LogP contribution is -2.23. The average molecular weight is 280 g/mol. The summed E-state index contributed by atoms with van der Waals surface area (Å²) >= 11 is 5.71. The third-order valence-corrected chi connectivity index (χ3v) is 2.72. The van der Waals surface area contributed by atoms with Crippen molar-refractivity contribution in [3.05, 3.63) is 58.6 Å². The molecule has 0 saturated carbocycles. The summed E-state index contributed by atoms with van der Waals surface area (Å²) in [6.07, 6.45) is 1.33. The van der Waals surface area contributed by atoms with Gasteiger partial charge in [0.25, 0.3) is 5.91 Å². The highest BCUT2D eigenvalue weighted by atomic mass is 35.5. The lowest BCUT2D eigenvalue weighted by Gasteiger charge is -2.07. The molecular weight excluding hydrogens is 269 g/mol. The first-order valence-corrected chi connectivity index (χ1v) is 5.88. The molecule has 0 radical (unpaired) electrons. The number of nitrogen functional groups attached to an aromatic ring is 1. The second kappa shape index (κ2) is 5.67. The number of hydrogen-bond acceptors (Lipinski definition) is 3. The van der Waals surface area contributed by atoms with Crippen molar-refractivity contribution < 1.29 is 9.18 Å². The van der Waals surface area contributed by atoms with Gasteiger partial charge in [0.05, 0.1) is 17.4 Å². The Morgan fingerprint density at radius 1 is 1.37 bits per heavy atom. The molecule has 2 rings (SSSR count). The molecule has 0 atom stereocenters. The summed E-state index contributed by atoms with van der Waals surface area (Å²) in [4.78, 5) is 15.7. The van der Waals surface area contributed by atoms with Gasteiger partial charge in [-0.2, -0.15) is 0 Å². The van der Waals surface area contributed by atoms with Crippen molar-refractivity contribution in [1.29, 1.82) is 0 Å². The van der Waals surface area contributed by atoms with E-state index in [-0.39, 0.29) is 34.7 Å². The summed E-state index contributed by atoms with van der Waals surface area (Å²) in [7, 11) is 0. The highest BCUT2D eigenvalue weighted by Gasteiger charge is 2.10. The molecule has 0 unspecified atom stereocenters. The van der Waals surface area contributed by atoms with E-state index in [2.05, 4.69) is 10.3 Å². The number of pyridine rings is 1. The van der Waals surface area contributed by atoms with Crippen LogP contribution in [0.4, 0.5) is 10.1 Å². The van der Waals surface area contributed by atoms with Crippen LogP contribution in [0.1, 0.15) is 15.9 Å². The quantitative estimate of drug-likeness (QED) is 0.848. The fourth-order valence-corrected chi connectivity index (χ4v) is 1.67. The van der Waals surface area contributed by atoms with Gasteiger partial charge in [0.2, 0.25) is 0 Å². The zero-order valence-corrected chi connectivity index (χ0v) is 10.6. The molecule has 1 aromatic carbocycles. The fourth-order valence-electron chi connectivity index (χ4n) is 1.52.